The van der Waals surface area contributed by atoms with Gasteiger partial charge in [0, 0.05) is 12.6 Å². The summed E-state index contributed by atoms with van der Waals surface area (Å²) in [7, 11) is 0. The van der Waals surface area contributed by atoms with E-state index < -0.39 is 6.04 Å². The maximum absolute atomic E-state index is 13.3. The van der Waals surface area contributed by atoms with Crippen molar-refractivity contribution in [3.63, 3.8) is 0 Å². The third kappa shape index (κ3) is 5.93. The minimum Gasteiger partial charge on any atom is -0.352 e. The van der Waals surface area contributed by atoms with Crippen LogP contribution in [0.1, 0.15) is 54.9 Å². The molecule has 0 unspecified atom stereocenters. The molecule has 1 aliphatic carbocycles. The van der Waals surface area contributed by atoms with Crippen LogP contribution in [0, 0.1) is 13.8 Å². The SMILES string of the molecule is Cc1cc(C)cc(CC(=O)N(Cc2ccccc2)[C@@H](C)C(=O)NC2CCCC2)c1. The van der Waals surface area contributed by atoms with Gasteiger partial charge in [0.05, 0.1) is 6.42 Å². The number of benzene rings is 2. The molecule has 154 valence electrons. The zero-order chi connectivity index (χ0) is 20.8. The van der Waals surface area contributed by atoms with Gasteiger partial charge >= 0.3 is 0 Å². The van der Waals surface area contributed by atoms with Crippen molar-refractivity contribution in [3.05, 3.63) is 70.8 Å². The van der Waals surface area contributed by atoms with E-state index in [2.05, 4.69) is 23.5 Å². The first-order chi connectivity index (χ1) is 13.9. The largest absolute Gasteiger partial charge is 0.352 e. The number of carbonyl (C=O) groups is 2. The maximum Gasteiger partial charge on any atom is 0.242 e. The van der Waals surface area contributed by atoms with Crippen LogP contribution in [0.5, 0.6) is 0 Å². The summed E-state index contributed by atoms with van der Waals surface area (Å²) in [5, 5.41) is 3.15. The number of aryl methyl sites for hydroxylation is 2. The summed E-state index contributed by atoms with van der Waals surface area (Å²) >= 11 is 0. The lowest BCUT2D eigenvalue weighted by Crippen LogP contribution is -2.50. The van der Waals surface area contributed by atoms with Crippen molar-refractivity contribution in [2.45, 2.75) is 71.5 Å². The van der Waals surface area contributed by atoms with Gasteiger partial charge in [-0.05, 0) is 44.7 Å². The molecule has 0 radical (unpaired) electrons. The van der Waals surface area contributed by atoms with Crippen molar-refractivity contribution < 1.29 is 9.59 Å². The molecule has 0 aromatic heterocycles. The summed E-state index contributed by atoms with van der Waals surface area (Å²) in [5.41, 5.74) is 4.32. The highest BCUT2D eigenvalue weighted by Gasteiger charge is 2.28. The average Bonchev–Trinajstić information content (AvgIpc) is 3.18. The summed E-state index contributed by atoms with van der Waals surface area (Å²) in [6.45, 7) is 6.36. The van der Waals surface area contributed by atoms with Crippen LogP contribution in [-0.2, 0) is 22.6 Å². The minimum absolute atomic E-state index is 0.0204. The summed E-state index contributed by atoms with van der Waals surface area (Å²) in [6, 6.07) is 15.8. The van der Waals surface area contributed by atoms with Crippen LogP contribution in [0.2, 0.25) is 0 Å². The molecule has 1 atom stereocenters. The zero-order valence-electron chi connectivity index (χ0n) is 17.8. The molecule has 0 spiro atoms. The molecule has 2 aromatic carbocycles. The topological polar surface area (TPSA) is 49.4 Å². The van der Waals surface area contributed by atoms with Gasteiger partial charge in [-0.15, -0.1) is 0 Å². The molecule has 0 bridgehead atoms. The molecule has 4 nitrogen and oxygen atoms in total. The lowest BCUT2D eigenvalue weighted by atomic mass is 10.0. The Morgan fingerprint density at radius 2 is 1.62 bits per heavy atom. The molecule has 1 fully saturated rings. The van der Waals surface area contributed by atoms with Crippen LogP contribution < -0.4 is 5.32 Å². The molecular formula is C25H32N2O2. The quantitative estimate of drug-likeness (QED) is 0.763. The first-order valence-corrected chi connectivity index (χ1v) is 10.6. The summed E-state index contributed by atoms with van der Waals surface area (Å²) in [6.07, 6.45) is 4.70. The van der Waals surface area contributed by atoms with Crippen molar-refractivity contribution in [2.24, 2.45) is 0 Å². The highest BCUT2D eigenvalue weighted by Crippen LogP contribution is 2.19. The molecule has 1 saturated carbocycles. The Morgan fingerprint density at radius 3 is 2.24 bits per heavy atom. The number of hydrogen-bond acceptors (Lipinski definition) is 2. The molecule has 1 N–H and O–H groups in total. The fourth-order valence-corrected chi connectivity index (χ4v) is 4.20. The van der Waals surface area contributed by atoms with E-state index in [4.69, 9.17) is 0 Å². The second kappa shape index (κ2) is 9.73. The second-order valence-corrected chi connectivity index (χ2v) is 8.35. The Morgan fingerprint density at radius 1 is 1.00 bits per heavy atom. The Labute approximate surface area is 174 Å². The molecule has 2 amide bonds. The summed E-state index contributed by atoms with van der Waals surface area (Å²) in [4.78, 5) is 27.9. The highest BCUT2D eigenvalue weighted by atomic mass is 16.2. The summed E-state index contributed by atoms with van der Waals surface area (Å²) < 4.78 is 0. The van der Waals surface area contributed by atoms with Crippen LogP contribution in [0.15, 0.2) is 48.5 Å². The molecular weight excluding hydrogens is 360 g/mol. The number of rotatable bonds is 7. The number of amides is 2. The first kappa shape index (κ1) is 21.1. The van der Waals surface area contributed by atoms with Gasteiger partial charge in [0.25, 0.3) is 0 Å². The third-order valence-electron chi connectivity index (χ3n) is 5.70. The third-order valence-corrected chi connectivity index (χ3v) is 5.70. The van der Waals surface area contributed by atoms with E-state index in [1.807, 2.05) is 51.1 Å². The Hall–Kier alpha value is -2.62. The Bertz CT molecular complexity index is 821. The van der Waals surface area contributed by atoms with Crippen LogP contribution in [-0.4, -0.2) is 28.8 Å². The molecule has 4 heteroatoms. The molecule has 0 saturated heterocycles. The van der Waals surface area contributed by atoms with Crippen LogP contribution in [0.4, 0.5) is 0 Å². The predicted molar refractivity (Wildman–Crippen MR) is 116 cm³/mol. The van der Waals surface area contributed by atoms with Gasteiger partial charge in [0.2, 0.25) is 11.8 Å². The van der Waals surface area contributed by atoms with Crippen LogP contribution >= 0.6 is 0 Å². The van der Waals surface area contributed by atoms with E-state index in [0.717, 1.165) is 35.1 Å². The van der Waals surface area contributed by atoms with Crippen molar-refractivity contribution >= 4 is 11.8 Å². The van der Waals surface area contributed by atoms with Gasteiger partial charge in [-0.3, -0.25) is 9.59 Å². The molecule has 0 aliphatic heterocycles. The van der Waals surface area contributed by atoms with E-state index in [9.17, 15) is 9.59 Å². The Kier molecular flexibility index (Phi) is 7.08. The van der Waals surface area contributed by atoms with Gasteiger partial charge in [-0.2, -0.15) is 0 Å². The number of nitrogens with one attached hydrogen (secondary N) is 1. The van der Waals surface area contributed by atoms with Crippen LogP contribution in [0.25, 0.3) is 0 Å². The molecule has 2 aromatic rings. The van der Waals surface area contributed by atoms with E-state index >= 15 is 0 Å². The smallest absolute Gasteiger partial charge is 0.242 e. The van der Waals surface area contributed by atoms with Crippen molar-refractivity contribution in [3.8, 4) is 0 Å². The predicted octanol–water partition coefficient (Wildman–Crippen LogP) is 4.32. The van der Waals surface area contributed by atoms with Gasteiger partial charge < -0.3 is 10.2 Å². The van der Waals surface area contributed by atoms with Gasteiger partial charge in [-0.1, -0.05) is 72.5 Å². The fraction of sp³-hybridized carbons (Fsp3) is 0.440. The average molecular weight is 393 g/mol. The van der Waals surface area contributed by atoms with E-state index in [-0.39, 0.29) is 17.9 Å². The van der Waals surface area contributed by atoms with E-state index in [1.54, 1.807) is 4.90 Å². The first-order valence-electron chi connectivity index (χ1n) is 10.6. The minimum atomic E-state index is -0.505. The lowest BCUT2D eigenvalue weighted by Gasteiger charge is -2.30. The number of carbonyl (C=O) groups excluding carboxylic acids is 2. The molecule has 3 rings (SSSR count). The highest BCUT2D eigenvalue weighted by molar-refractivity contribution is 5.88. The van der Waals surface area contributed by atoms with Crippen molar-refractivity contribution in [2.75, 3.05) is 0 Å². The number of hydrogen-bond donors (Lipinski definition) is 1. The standard InChI is InChI=1S/C25H32N2O2/c1-18-13-19(2)15-22(14-18)16-24(28)27(17-21-9-5-4-6-10-21)20(3)25(29)26-23-11-7-8-12-23/h4-6,9-10,13-15,20,23H,7-8,11-12,16-17H2,1-3H3,(H,26,29)/t20-/m0/s1. The fourth-order valence-electron chi connectivity index (χ4n) is 4.20. The molecule has 29 heavy (non-hydrogen) atoms. The molecule has 1 aliphatic rings. The normalized spacial score (nSPS) is 15.1. The van der Waals surface area contributed by atoms with Gasteiger partial charge in [0.1, 0.15) is 6.04 Å². The van der Waals surface area contributed by atoms with Crippen molar-refractivity contribution in [1.82, 2.24) is 10.2 Å². The Balaban J connectivity index is 1.77. The van der Waals surface area contributed by atoms with Crippen molar-refractivity contribution in [1.29, 1.82) is 0 Å². The maximum atomic E-state index is 13.3. The summed E-state index contributed by atoms with van der Waals surface area (Å²) in [5.74, 6) is -0.0745. The van der Waals surface area contributed by atoms with Gasteiger partial charge in [-0.25, -0.2) is 0 Å². The number of nitrogens with zero attached hydrogens (tertiary/aromatic N) is 1. The second-order valence-electron chi connectivity index (χ2n) is 8.35. The van der Waals surface area contributed by atoms with E-state index in [0.29, 0.717) is 13.0 Å². The lowest BCUT2D eigenvalue weighted by molar-refractivity contribution is -0.140. The monoisotopic (exact) mass is 392 g/mol. The van der Waals surface area contributed by atoms with E-state index in [1.165, 1.54) is 12.8 Å². The van der Waals surface area contributed by atoms with Crippen LogP contribution in [0.3, 0.4) is 0 Å². The molecule has 0 heterocycles. The zero-order valence-corrected chi connectivity index (χ0v) is 17.8. The van der Waals surface area contributed by atoms with Gasteiger partial charge in [0.15, 0.2) is 0 Å².